The zero-order valence-corrected chi connectivity index (χ0v) is 54.1. The fraction of sp³-hybridized carbons (Fsp3) is 0.281. The summed E-state index contributed by atoms with van der Waals surface area (Å²) >= 11 is 3.02. The molecule has 8 N–H and O–H groups in total. The third-order valence-electron chi connectivity index (χ3n) is 17.4. The number of nitrogens with zero attached hydrogens (tertiary/aromatic N) is 7. The van der Waals surface area contributed by atoms with Gasteiger partial charge in [0.05, 0.1) is 65.6 Å². The molecule has 8 aliphatic rings. The first-order chi connectivity index (χ1) is 46.8. The van der Waals surface area contributed by atoms with Crippen molar-refractivity contribution in [3.05, 3.63) is 148 Å². The number of imide groups is 4. The maximum atomic E-state index is 13.0. The number of halogens is 1. The Labute approximate surface area is 563 Å². The van der Waals surface area contributed by atoms with E-state index in [9.17, 15) is 67.1 Å². The average Bonchev–Trinajstić information content (AvgIpc) is 1.60. The number of rotatable bonds is 16. The van der Waals surface area contributed by atoms with Gasteiger partial charge in [0.2, 0.25) is 5.78 Å². The van der Waals surface area contributed by atoms with Gasteiger partial charge in [0.25, 0.3) is 47.3 Å². The summed E-state index contributed by atoms with van der Waals surface area (Å²) < 4.78 is 22.2. The first-order valence-corrected chi connectivity index (χ1v) is 30.7. The molecule has 4 aromatic carbocycles. The number of nitrogens with one attached hydrogen (secondary N) is 8. The van der Waals surface area contributed by atoms with Crippen molar-refractivity contribution in [1.82, 2.24) is 76.5 Å². The largest absolute Gasteiger partial charge is 0.497 e. The van der Waals surface area contributed by atoms with Gasteiger partial charge in [0.15, 0.2) is 33.7 Å². The number of carbonyl (C=O) groups is 14. The molecule has 98 heavy (non-hydrogen) atoms. The van der Waals surface area contributed by atoms with E-state index in [1.54, 1.807) is 95.8 Å². The highest BCUT2D eigenvalue weighted by molar-refractivity contribution is 9.09. The molecule has 504 valence electrons. The van der Waals surface area contributed by atoms with Crippen LogP contribution in [-0.2, 0) is 60.5 Å². The third-order valence-corrected chi connectivity index (χ3v) is 17.9. The fourth-order valence-corrected chi connectivity index (χ4v) is 12.6. The predicted octanol–water partition coefficient (Wildman–Crippen LogP) is 0.302. The number of alkyl halides is 1. The van der Waals surface area contributed by atoms with Gasteiger partial charge < -0.3 is 59.8 Å². The minimum absolute atomic E-state index is 0.0652. The number of benzene rings is 4. The molecule has 4 atom stereocenters. The van der Waals surface area contributed by atoms with Crippen LogP contribution in [-0.4, -0.2) is 193 Å². The Balaban J connectivity index is 0.000000133. The van der Waals surface area contributed by atoms with Crippen molar-refractivity contribution in [3.63, 3.8) is 0 Å². The summed E-state index contributed by atoms with van der Waals surface area (Å²) in [5.74, 6) is 0.0720. The summed E-state index contributed by atoms with van der Waals surface area (Å²) in [7, 11) is 6.05. The number of imidazole rings is 1. The van der Waals surface area contributed by atoms with E-state index < -0.39 is 81.5 Å². The number of amides is 16. The van der Waals surface area contributed by atoms with Crippen LogP contribution in [0.15, 0.2) is 97.5 Å². The molecule has 0 bridgehead atoms. The van der Waals surface area contributed by atoms with Crippen LogP contribution in [0.25, 0.3) is 5.78 Å². The smallest absolute Gasteiger partial charge is 0.323 e. The molecule has 0 aliphatic carbocycles. The van der Waals surface area contributed by atoms with Gasteiger partial charge in [-0.25, -0.2) is 29.1 Å². The Morgan fingerprint density at radius 1 is 0.520 bits per heavy atom. The van der Waals surface area contributed by atoms with Crippen molar-refractivity contribution in [2.45, 2.75) is 55.3 Å². The number of Topliss-reactive ketones (excluding diaryl/α,β-unsaturated/α-hetero) is 2. The van der Waals surface area contributed by atoms with Gasteiger partial charge in [-0.15, -0.1) is 6.42 Å². The van der Waals surface area contributed by atoms with Crippen molar-refractivity contribution in [1.29, 1.82) is 0 Å². The molecule has 4 fully saturated rings. The van der Waals surface area contributed by atoms with E-state index in [-0.39, 0.29) is 68.2 Å². The highest BCUT2D eigenvalue weighted by atomic mass is 79.9. The van der Waals surface area contributed by atoms with Gasteiger partial charge in [-0.05, 0) is 83.8 Å². The van der Waals surface area contributed by atoms with Crippen LogP contribution < -0.4 is 61.5 Å². The Hall–Kier alpha value is -12.3. The number of aromatic nitrogens is 3. The van der Waals surface area contributed by atoms with Gasteiger partial charge in [-0.1, -0.05) is 46.1 Å². The van der Waals surface area contributed by atoms with E-state index in [4.69, 9.17) is 25.4 Å². The maximum Gasteiger partial charge on any atom is 0.323 e. The van der Waals surface area contributed by atoms with E-state index in [1.807, 2.05) is 11.4 Å². The molecule has 34 heteroatoms. The highest BCUT2D eigenvalue weighted by Gasteiger charge is 2.56. The van der Waals surface area contributed by atoms with E-state index in [1.165, 1.54) is 55.0 Å². The summed E-state index contributed by atoms with van der Waals surface area (Å²) in [6.45, 7) is 1.76. The number of methoxy groups -OCH3 is 4. The number of ether oxygens (including phenoxy) is 4. The lowest BCUT2D eigenvalue weighted by Crippen LogP contribution is -2.61. The highest BCUT2D eigenvalue weighted by Crippen LogP contribution is 2.35. The number of hydrogen-bond acceptors (Lipinski definition) is 20. The van der Waals surface area contributed by atoms with Crippen LogP contribution in [0.5, 0.6) is 23.0 Å². The van der Waals surface area contributed by atoms with E-state index in [2.05, 4.69) is 69.0 Å². The van der Waals surface area contributed by atoms with Crippen molar-refractivity contribution in [2.24, 2.45) is 0 Å². The lowest BCUT2D eigenvalue weighted by atomic mass is 9.94. The number of urea groups is 4. The summed E-state index contributed by atoms with van der Waals surface area (Å²) in [5.41, 5.74) is -1.10. The second-order valence-electron chi connectivity index (χ2n) is 23.2. The van der Waals surface area contributed by atoms with E-state index >= 15 is 0 Å². The first-order valence-electron chi connectivity index (χ1n) is 29.5. The number of ketones is 2. The Morgan fingerprint density at radius 3 is 1.27 bits per heavy atom. The normalized spacial score (nSPS) is 22.1. The number of terminal acetylenes is 1. The Kier molecular flexibility index (Phi) is 17.9. The molecule has 2 aromatic heterocycles. The van der Waals surface area contributed by atoms with Gasteiger partial charge >= 0.3 is 24.1 Å². The molecule has 10 heterocycles. The average molecular weight is 1410 g/mol. The monoisotopic (exact) mass is 1400 g/mol. The molecule has 0 saturated carbocycles. The standard InChI is InChI=1S/C19H16N6O4.C15H14BrN3O5.C15H15N3O5.C15H13N3O4/c1-29-12-4-3-11-8-25(15(26)13(11)7-12)10-19(16(27)22-18(28)23-19)14-9-24-6-2-5-20-17(24)21-14;1-24-9-3-2-8-6-19(12(21)10(8)4-9)7-15(11(20)5-16)13(22)17-14(23)18-15;1-8(19)15(13(21)16-14(22)17-15)7-18-6-9-3-4-10(23-2)5-11(9)12(18)20;1-3-15(13(20)16-14(21)17-15)8-18-7-9-4-5-10(22-2)6-11(9)12(18)19/h2-7,9H,8,10H2,1H3,(H2,22,23,27,28);2-4H,5-7H2,1H3,(H2,17,18,22,23);3-5H,6-7H2,1-2H3,(H2,16,17,21,22);1,4-6H,7-8H2,2H3,(H2,16,17,20,21)/t19-;3*15-/m0001/s1. The quantitative estimate of drug-likeness (QED) is 0.0280. The second kappa shape index (κ2) is 26.1. The molecular formula is C64H58BrN15O18. The van der Waals surface area contributed by atoms with Gasteiger partial charge in [-0.2, -0.15) is 0 Å². The molecular weight excluding hydrogens is 1350 g/mol. The van der Waals surface area contributed by atoms with Crippen molar-refractivity contribution >= 4 is 105 Å². The lowest BCUT2D eigenvalue weighted by Gasteiger charge is -2.29. The molecule has 33 nitrogen and oxygen atoms in total. The zero-order chi connectivity index (χ0) is 70.3. The Bertz CT molecular complexity index is 4520. The molecule has 16 amide bonds. The van der Waals surface area contributed by atoms with Crippen LogP contribution in [0.4, 0.5) is 19.2 Å². The maximum absolute atomic E-state index is 13.0. The molecule has 0 radical (unpaired) electrons. The van der Waals surface area contributed by atoms with Crippen molar-refractivity contribution in [2.75, 3.05) is 59.9 Å². The molecule has 6 aromatic rings. The number of fused-ring (bicyclic) bond motifs is 5. The van der Waals surface area contributed by atoms with Crippen molar-refractivity contribution < 1.29 is 86.1 Å². The van der Waals surface area contributed by atoms with Crippen LogP contribution in [0, 0.1) is 12.3 Å². The summed E-state index contributed by atoms with van der Waals surface area (Å²) in [5, 5.41) is 18.1. The number of hydrogen-bond donors (Lipinski definition) is 8. The second-order valence-corrected chi connectivity index (χ2v) is 23.8. The molecule has 8 aliphatic heterocycles. The lowest BCUT2D eigenvalue weighted by molar-refractivity contribution is -0.135. The molecule has 0 spiro atoms. The van der Waals surface area contributed by atoms with Gasteiger partial charge in [0, 0.05) is 67.0 Å². The third kappa shape index (κ3) is 12.1. The van der Waals surface area contributed by atoms with E-state index in [0.717, 1.165) is 22.3 Å². The van der Waals surface area contributed by atoms with Crippen LogP contribution in [0.3, 0.4) is 0 Å². The number of carbonyl (C=O) groups excluding carboxylic acids is 14. The van der Waals surface area contributed by atoms with Gasteiger partial charge in [0.1, 0.15) is 23.0 Å². The molecule has 0 unspecified atom stereocenters. The van der Waals surface area contributed by atoms with Crippen LogP contribution >= 0.6 is 15.9 Å². The minimum Gasteiger partial charge on any atom is -0.497 e. The Morgan fingerprint density at radius 2 is 0.908 bits per heavy atom. The topological polar surface area (TPSA) is 415 Å². The summed E-state index contributed by atoms with van der Waals surface area (Å²) in [6, 6.07) is 19.7. The van der Waals surface area contributed by atoms with E-state index in [0.29, 0.717) is 69.8 Å². The van der Waals surface area contributed by atoms with Crippen molar-refractivity contribution in [3.8, 4) is 35.3 Å². The zero-order valence-electron chi connectivity index (χ0n) is 52.5. The summed E-state index contributed by atoms with van der Waals surface area (Å²) in [4.78, 5) is 184. The molecule has 14 rings (SSSR count). The van der Waals surface area contributed by atoms with Gasteiger partial charge in [-0.3, -0.25) is 73.6 Å². The minimum atomic E-state index is -1.78. The SMILES string of the molecule is C#C[C@]1(CN2Cc3ccc(OC)cc3C2=O)NC(=O)NC1=O.COc1ccc2c(c1)C(=O)N(C[C@@]1(C(=O)CBr)NC(=O)NC1=O)C2.COc1ccc2c(c1)C(=O)N(C[C@@]1(C(C)=O)NC(=O)NC1=O)C2.COc1ccc2c(c1)C(=O)N(C[C@@]1(c3cn4cccnc4n3)NC(=O)NC1=O)C2. The van der Waals surface area contributed by atoms with Crippen LogP contribution in [0.2, 0.25) is 0 Å². The van der Waals surface area contributed by atoms with Crippen LogP contribution in [0.1, 0.15) is 76.3 Å². The summed E-state index contributed by atoms with van der Waals surface area (Å²) in [6.07, 6.45) is 10.4. The first kappa shape index (κ1) is 67.2. The molecule has 4 saturated heterocycles. The predicted molar refractivity (Wildman–Crippen MR) is 339 cm³/mol. The fourth-order valence-electron chi connectivity index (χ4n) is 12.1.